The molecule has 0 aliphatic carbocycles. The van der Waals surface area contributed by atoms with Crippen LogP contribution in [0.2, 0.25) is 0 Å². The number of benzene rings is 1. The number of nitrogens with zero attached hydrogens (tertiary/aromatic N) is 2. The minimum Gasteiger partial charge on any atom is -0.390 e. The topological polar surface area (TPSA) is 140 Å². The van der Waals surface area contributed by atoms with Gasteiger partial charge in [0, 0.05) is 0 Å². The van der Waals surface area contributed by atoms with E-state index in [-0.39, 0.29) is 37.9 Å². The summed E-state index contributed by atoms with van der Waals surface area (Å²) in [6.45, 7) is 9.50. The maximum absolute atomic E-state index is 15.0. The zero-order valence-corrected chi connectivity index (χ0v) is 21.7. The number of halogens is 1. The molecule has 3 N–H and O–H groups in total. The number of nitrogens with one attached hydrogen (secondary N) is 1. The highest BCUT2D eigenvalue weighted by Crippen LogP contribution is 2.32. The molecular weight excluding hydrogens is 481 g/mol. The average molecular weight is 512 g/mol. The molecule has 0 fully saturated rings. The summed E-state index contributed by atoms with van der Waals surface area (Å²) in [6.07, 6.45) is 0.0610. The van der Waals surface area contributed by atoms with E-state index in [0.29, 0.717) is 28.9 Å². The van der Waals surface area contributed by atoms with Gasteiger partial charge >= 0.3 is 0 Å². The van der Waals surface area contributed by atoms with Crippen molar-refractivity contribution in [2.24, 2.45) is 5.92 Å². The van der Waals surface area contributed by atoms with Crippen molar-refractivity contribution in [1.82, 2.24) is 9.71 Å². The fraction of sp³-hybridized carbons (Fsp3) is 0.522. The van der Waals surface area contributed by atoms with Gasteiger partial charge in [-0.2, -0.15) is 5.26 Å². The summed E-state index contributed by atoms with van der Waals surface area (Å²) in [5.74, 6) is -1.81. The average Bonchev–Trinajstić information content (AvgIpc) is 3.15. The van der Waals surface area contributed by atoms with Gasteiger partial charge in [-0.05, 0) is 54.9 Å². The van der Waals surface area contributed by atoms with Crippen LogP contribution in [0.3, 0.4) is 0 Å². The summed E-state index contributed by atoms with van der Waals surface area (Å²) in [5, 5.41) is 29.1. The first-order valence-corrected chi connectivity index (χ1v) is 13.1. The Labute approximate surface area is 203 Å². The Hall–Kier alpha value is -2.39. The number of aliphatic hydroxyl groups excluding tert-OH is 1. The van der Waals surface area contributed by atoms with Gasteiger partial charge in [0.1, 0.15) is 22.5 Å². The van der Waals surface area contributed by atoms with Crippen molar-refractivity contribution < 1.29 is 27.8 Å². The Morgan fingerprint density at radius 1 is 1.32 bits per heavy atom. The summed E-state index contributed by atoms with van der Waals surface area (Å²) in [4.78, 5) is 16.9. The number of nitriles is 1. The molecule has 0 aliphatic heterocycles. The van der Waals surface area contributed by atoms with E-state index in [2.05, 4.69) is 4.98 Å². The van der Waals surface area contributed by atoms with Crippen LogP contribution in [0.4, 0.5) is 4.39 Å². The number of aliphatic hydroxyl groups is 2. The third kappa shape index (κ3) is 6.18. The number of carbonyl (C=O) groups is 1. The monoisotopic (exact) mass is 511 g/mol. The lowest BCUT2D eigenvalue weighted by Crippen LogP contribution is -2.32. The molecule has 0 spiro atoms. The minimum absolute atomic E-state index is 0.0693. The largest absolute Gasteiger partial charge is 0.390 e. The van der Waals surface area contributed by atoms with Gasteiger partial charge in [0.05, 0.1) is 24.3 Å². The highest BCUT2D eigenvalue weighted by molar-refractivity contribution is 7.92. The van der Waals surface area contributed by atoms with E-state index >= 15 is 4.39 Å². The van der Waals surface area contributed by atoms with Crippen molar-refractivity contribution >= 4 is 27.3 Å². The summed E-state index contributed by atoms with van der Waals surface area (Å²) in [6, 6.07) is 3.27. The van der Waals surface area contributed by atoms with Crippen LogP contribution in [0.1, 0.15) is 80.4 Å². The van der Waals surface area contributed by atoms with Crippen LogP contribution < -0.4 is 4.72 Å². The van der Waals surface area contributed by atoms with Crippen LogP contribution in [0.25, 0.3) is 0 Å². The highest BCUT2D eigenvalue weighted by atomic mass is 32.2. The number of hydrogen-bond acceptors (Lipinski definition) is 8. The number of aromatic nitrogens is 1. The quantitative estimate of drug-likeness (QED) is 0.469. The third-order valence-electron chi connectivity index (χ3n) is 4.99. The van der Waals surface area contributed by atoms with Crippen LogP contribution in [0.15, 0.2) is 10.3 Å². The molecule has 186 valence electrons. The second kappa shape index (κ2) is 10.5. The molecule has 1 aromatic carbocycles. The molecule has 0 saturated carbocycles. The Morgan fingerprint density at radius 3 is 2.41 bits per heavy atom. The number of amides is 1. The molecule has 2 rings (SSSR count). The zero-order valence-electron chi connectivity index (χ0n) is 20.1. The number of thiazole rings is 1. The minimum atomic E-state index is -4.41. The van der Waals surface area contributed by atoms with Gasteiger partial charge in [0.15, 0.2) is 4.21 Å². The molecule has 2 aromatic rings. The number of hydrogen-bond donors (Lipinski definition) is 3. The Bertz CT molecular complexity index is 1220. The van der Waals surface area contributed by atoms with E-state index < -0.39 is 40.4 Å². The van der Waals surface area contributed by atoms with Crippen LogP contribution in [-0.2, 0) is 39.9 Å². The lowest BCUT2D eigenvalue weighted by Gasteiger charge is -2.20. The summed E-state index contributed by atoms with van der Waals surface area (Å²) < 4.78 is 42.5. The highest BCUT2D eigenvalue weighted by Gasteiger charge is 2.31. The van der Waals surface area contributed by atoms with Crippen molar-refractivity contribution in [3.8, 4) is 6.07 Å². The molecule has 0 aliphatic rings. The first-order chi connectivity index (χ1) is 15.6. The fourth-order valence-electron chi connectivity index (χ4n) is 3.59. The molecule has 34 heavy (non-hydrogen) atoms. The number of rotatable bonds is 9. The molecule has 1 heterocycles. The van der Waals surface area contributed by atoms with Crippen molar-refractivity contribution in [1.29, 1.82) is 5.26 Å². The van der Waals surface area contributed by atoms with Gasteiger partial charge in [-0.25, -0.2) is 22.5 Å². The fourth-order valence-corrected chi connectivity index (χ4v) is 6.09. The van der Waals surface area contributed by atoms with Gasteiger partial charge in [0.2, 0.25) is 5.91 Å². The molecule has 8 nitrogen and oxygen atoms in total. The van der Waals surface area contributed by atoms with Crippen LogP contribution in [0, 0.1) is 23.1 Å². The first-order valence-electron chi connectivity index (χ1n) is 10.8. The molecule has 0 atom stereocenters. The van der Waals surface area contributed by atoms with Crippen molar-refractivity contribution in [3.63, 3.8) is 0 Å². The second-order valence-electron chi connectivity index (χ2n) is 9.33. The zero-order chi connectivity index (χ0) is 26.0. The lowest BCUT2D eigenvalue weighted by molar-refractivity contribution is -0.118. The molecule has 1 amide bonds. The van der Waals surface area contributed by atoms with Crippen molar-refractivity contribution in [3.05, 3.63) is 44.8 Å². The normalized spacial score (nSPS) is 12.3. The third-order valence-corrected chi connectivity index (χ3v) is 8.33. The van der Waals surface area contributed by atoms with Crippen LogP contribution in [0.5, 0.6) is 0 Å². The first kappa shape index (κ1) is 27.9. The second-order valence-corrected chi connectivity index (χ2v) is 12.2. The van der Waals surface area contributed by atoms with Gasteiger partial charge in [-0.3, -0.25) is 4.79 Å². The van der Waals surface area contributed by atoms with Crippen LogP contribution >= 0.6 is 11.3 Å². The van der Waals surface area contributed by atoms with Crippen molar-refractivity contribution in [2.75, 3.05) is 0 Å². The molecule has 0 radical (unpaired) electrons. The van der Waals surface area contributed by atoms with E-state index in [1.165, 1.54) is 19.9 Å². The van der Waals surface area contributed by atoms with Crippen LogP contribution in [-0.4, -0.2) is 29.5 Å². The van der Waals surface area contributed by atoms with Gasteiger partial charge in [-0.1, -0.05) is 27.7 Å². The lowest BCUT2D eigenvalue weighted by atomic mass is 9.85. The van der Waals surface area contributed by atoms with E-state index in [1.54, 1.807) is 13.8 Å². The van der Waals surface area contributed by atoms with E-state index in [0.717, 1.165) is 0 Å². The maximum atomic E-state index is 15.0. The van der Waals surface area contributed by atoms with E-state index in [9.17, 15) is 28.7 Å². The Balaban J connectivity index is 2.49. The van der Waals surface area contributed by atoms with Gasteiger partial charge < -0.3 is 10.2 Å². The molecule has 0 bridgehead atoms. The van der Waals surface area contributed by atoms with E-state index in [1.807, 2.05) is 24.6 Å². The molecule has 0 saturated heterocycles. The molecule has 1 aromatic heterocycles. The standard InChI is InChI=1S/C23H30FN3O5S2/c1-12(2)7-14-8-15(10-25)20(24)19(13(3)4)16(14)9-18(29)27-34(31,32)21-17(11-28)26-22(33-21)23(5,6)30/h8,12-13,28,30H,7,9,11H2,1-6H3,(H,27,29). The van der Waals surface area contributed by atoms with Gasteiger partial charge in [-0.15, -0.1) is 11.3 Å². The number of carbonyl (C=O) groups excluding carboxylic acids is 1. The summed E-state index contributed by atoms with van der Waals surface area (Å²) in [5.41, 5.74) is -0.563. The summed E-state index contributed by atoms with van der Waals surface area (Å²) >= 11 is 0.653. The smallest absolute Gasteiger partial charge is 0.275 e. The molecule has 0 unspecified atom stereocenters. The SMILES string of the molecule is CC(C)Cc1cc(C#N)c(F)c(C(C)C)c1CC(=O)NS(=O)(=O)c1sc(C(C)(C)O)nc1CO. The van der Waals surface area contributed by atoms with E-state index in [4.69, 9.17) is 0 Å². The Morgan fingerprint density at radius 2 is 1.94 bits per heavy atom. The van der Waals surface area contributed by atoms with Crippen molar-refractivity contribution in [2.45, 2.75) is 76.7 Å². The predicted molar refractivity (Wildman–Crippen MR) is 126 cm³/mol. The maximum Gasteiger partial charge on any atom is 0.275 e. The summed E-state index contributed by atoms with van der Waals surface area (Å²) in [7, 11) is -4.41. The molecular formula is C23H30FN3O5S2. The van der Waals surface area contributed by atoms with Gasteiger partial charge in [0.25, 0.3) is 10.0 Å². The number of sulfonamides is 1. The predicted octanol–water partition coefficient (Wildman–Crippen LogP) is 3.24. The Kier molecular flexibility index (Phi) is 8.58. The molecule has 11 heteroatoms.